The predicted octanol–water partition coefficient (Wildman–Crippen LogP) is 8.99. The first kappa shape index (κ1) is 43.6. The van der Waals surface area contributed by atoms with Crippen molar-refractivity contribution in [3.8, 4) is 11.5 Å². The van der Waals surface area contributed by atoms with Crippen molar-refractivity contribution in [3.63, 3.8) is 0 Å². The van der Waals surface area contributed by atoms with Gasteiger partial charge in [-0.2, -0.15) is 0 Å². The molecule has 3 N–H and O–H groups in total. The van der Waals surface area contributed by atoms with E-state index >= 15 is 0 Å². The van der Waals surface area contributed by atoms with E-state index in [1.165, 1.54) is 12.8 Å². The van der Waals surface area contributed by atoms with E-state index < -0.39 is 11.7 Å². The van der Waals surface area contributed by atoms with Gasteiger partial charge in [-0.3, -0.25) is 19.6 Å². The van der Waals surface area contributed by atoms with Crippen LogP contribution in [0.25, 0.3) is 43.4 Å². The third kappa shape index (κ3) is 11.3. The average Bonchev–Trinajstić information content (AvgIpc) is 4.16. The molecule has 2 aromatic carbocycles. The first-order chi connectivity index (χ1) is 29.1. The van der Waals surface area contributed by atoms with Crippen LogP contribution in [0, 0.1) is 23.7 Å². The molecule has 2 aliphatic carbocycles. The van der Waals surface area contributed by atoms with Gasteiger partial charge >= 0.3 is 6.09 Å². The van der Waals surface area contributed by atoms with Gasteiger partial charge in [-0.05, 0) is 130 Å². The Labute approximate surface area is 357 Å². The molecule has 4 heterocycles. The topological polar surface area (TPSA) is 153 Å². The molecule has 6 aromatic rings. The maximum Gasteiger partial charge on any atom is 0.407 e. The van der Waals surface area contributed by atoms with Gasteiger partial charge in [0.2, 0.25) is 0 Å². The average molecular weight is 831 g/mol. The predicted molar refractivity (Wildman–Crippen MR) is 243 cm³/mol. The summed E-state index contributed by atoms with van der Waals surface area (Å²) in [6.45, 7) is 16.3. The summed E-state index contributed by atoms with van der Waals surface area (Å²) in [5.74, 6) is 3.51. The Morgan fingerprint density at radius 1 is 0.705 bits per heavy atom. The molecule has 12 nitrogen and oxygen atoms in total. The molecule has 0 spiro atoms. The number of fused-ring (bicyclic) bond motifs is 6. The van der Waals surface area contributed by atoms with E-state index in [0.29, 0.717) is 60.0 Å². The zero-order valence-corrected chi connectivity index (χ0v) is 36.8. The fourth-order valence-corrected chi connectivity index (χ4v) is 7.98. The zero-order valence-electron chi connectivity index (χ0n) is 36.8. The lowest BCUT2D eigenvalue weighted by Crippen LogP contribution is -2.42. The Balaban J connectivity index is 0.000000189. The first-order valence-corrected chi connectivity index (χ1v) is 21.9. The Morgan fingerprint density at radius 2 is 1.18 bits per heavy atom. The molecule has 0 bridgehead atoms. The minimum atomic E-state index is -0.560. The van der Waals surface area contributed by atoms with Gasteiger partial charge in [-0.25, -0.2) is 4.79 Å². The lowest BCUT2D eigenvalue weighted by molar-refractivity contribution is 0.0480. The number of carbonyl (C=O) groups is 1. The minimum Gasteiger partial charge on any atom is -0.492 e. The van der Waals surface area contributed by atoms with Crippen LogP contribution >= 0.6 is 0 Å². The van der Waals surface area contributed by atoms with Gasteiger partial charge in [0.25, 0.3) is 11.1 Å². The second kappa shape index (κ2) is 18.6. The van der Waals surface area contributed by atoms with Crippen LogP contribution in [0.5, 0.6) is 11.5 Å². The number of benzene rings is 2. The number of carbonyl (C=O) groups excluding carboxylic acids is 1. The first-order valence-electron chi connectivity index (χ1n) is 21.9. The van der Waals surface area contributed by atoms with E-state index in [9.17, 15) is 14.4 Å². The molecule has 0 aliphatic heterocycles. The fourth-order valence-electron chi connectivity index (χ4n) is 7.98. The highest BCUT2D eigenvalue weighted by Gasteiger charge is 2.26. The highest BCUT2D eigenvalue weighted by molar-refractivity contribution is 6.06. The number of pyridine rings is 4. The summed E-state index contributed by atoms with van der Waals surface area (Å²) in [7, 11) is 0. The summed E-state index contributed by atoms with van der Waals surface area (Å²) in [5.41, 5.74) is 7.41. The summed E-state index contributed by atoms with van der Waals surface area (Å²) in [5, 5.41) is 8.18. The molecule has 0 radical (unpaired) electrons. The van der Waals surface area contributed by atoms with Crippen LogP contribution in [0.2, 0.25) is 0 Å². The summed E-state index contributed by atoms with van der Waals surface area (Å²) in [6, 6.07) is 15.5. The lowest BCUT2D eigenvalue weighted by atomic mass is 10.0. The molecule has 0 saturated heterocycles. The molecule has 2 atom stereocenters. The van der Waals surface area contributed by atoms with Gasteiger partial charge in [0.1, 0.15) is 30.3 Å². The zero-order chi connectivity index (χ0) is 43.4. The van der Waals surface area contributed by atoms with Crippen molar-refractivity contribution >= 4 is 49.4 Å². The standard InChI is InChI=1S/C27H35N3O4.C22H27N3O2/c1-17(2)12-19(29-26(32)34-27(3,4)5)16-33-20-8-9-22-21-10-11-28-14-23(21)25(31)30(24(22)13-20)15-18-6-7-18;1-14(2)9-16(23)13-27-17-5-6-19-18-7-8-24-11-20(18)22(26)25(21(19)10-17)12-15-3-4-15/h8-11,13-14,17-19H,6-7,12,15-16H2,1-5H3,(H,29,32);5-8,10-11,14-16H,3-4,9,12-13,23H2,1-2H3/t19-;16-/m00/s1. The molecule has 8 rings (SSSR count). The number of amides is 1. The van der Waals surface area contributed by atoms with Crippen LogP contribution < -0.4 is 31.6 Å². The maximum absolute atomic E-state index is 13.3. The van der Waals surface area contributed by atoms with Gasteiger partial charge in [-0.1, -0.05) is 27.7 Å². The third-order valence-electron chi connectivity index (χ3n) is 11.1. The van der Waals surface area contributed by atoms with E-state index in [1.807, 2.05) is 78.4 Å². The van der Waals surface area contributed by atoms with Crippen LogP contribution in [0.3, 0.4) is 0 Å². The Morgan fingerprint density at radius 3 is 1.62 bits per heavy atom. The molecule has 2 aliphatic rings. The summed E-state index contributed by atoms with van der Waals surface area (Å²) in [6.07, 6.45) is 12.7. The van der Waals surface area contributed by atoms with Gasteiger partial charge in [-0.15, -0.1) is 0 Å². The van der Waals surface area contributed by atoms with Gasteiger partial charge < -0.3 is 34.4 Å². The lowest BCUT2D eigenvalue weighted by Gasteiger charge is -2.25. The smallest absolute Gasteiger partial charge is 0.407 e. The third-order valence-corrected chi connectivity index (χ3v) is 11.1. The van der Waals surface area contributed by atoms with Crippen molar-refractivity contribution in [3.05, 3.63) is 94.0 Å². The summed E-state index contributed by atoms with van der Waals surface area (Å²) < 4.78 is 21.3. The number of aromatic nitrogens is 4. The molecule has 0 unspecified atom stereocenters. The van der Waals surface area contributed by atoms with Crippen molar-refractivity contribution in [1.82, 2.24) is 24.4 Å². The summed E-state index contributed by atoms with van der Waals surface area (Å²) in [4.78, 5) is 47.0. The molecule has 1 amide bonds. The van der Waals surface area contributed by atoms with Crippen molar-refractivity contribution in [2.75, 3.05) is 13.2 Å². The number of ether oxygens (including phenoxy) is 3. The van der Waals surface area contributed by atoms with Crippen LogP contribution in [0.1, 0.15) is 87.0 Å². The number of alkyl carbamates (subject to hydrolysis) is 1. The van der Waals surface area contributed by atoms with E-state index in [0.717, 1.165) is 70.6 Å². The SMILES string of the molecule is CC(C)C[C@@H](COc1ccc2c3ccncc3c(=O)n(CC3CC3)c2c1)NC(=O)OC(C)(C)C.CC(C)C[C@H](N)COc1ccc2c3ccncc3c(=O)n(CC3CC3)c2c1. The van der Waals surface area contributed by atoms with Gasteiger partial charge in [0.15, 0.2) is 0 Å². The van der Waals surface area contributed by atoms with Crippen LogP contribution in [-0.2, 0) is 17.8 Å². The maximum atomic E-state index is 13.3. The number of nitrogens with one attached hydrogen (secondary N) is 1. The van der Waals surface area contributed by atoms with Gasteiger partial charge in [0, 0.05) is 66.8 Å². The number of nitrogens with two attached hydrogens (primary N) is 1. The molecular weight excluding hydrogens is 769 g/mol. The molecule has 4 aromatic heterocycles. The molecule has 12 heteroatoms. The monoisotopic (exact) mass is 830 g/mol. The second-order valence-corrected chi connectivity index (χ2v) is 18.9. The minimum absolute atomic E-state index is 0.0103. The van der Waals surface area contributed by atoms with E-state index in [2.05, 4.69) is 43.0 Å². The van der Waals surface area contributed by atoms with Crippen molar-refractivity contribution in [2.24, 2.45) is 29.4 Å². The normalized spacial score (nSPS) is 15.2. The van der Waals surface area contributed by atoms with Crippen molar-refractivity contribution in [2.45, 2.75) is 118 Å². The molecular formula is C49H62N6O6. The molecule has 61 heavy (non-hydrogen) atoms. The molecule has 324 valence electrons. The van der Waals surface area contributed by atoms with Crippen LogP contribution in [0.4, 0.5) is 4.79 Å². The highest BCUT2D eigenvalue weighted by Crippen LogP contribution is 2.34. The van der Waals surface area contributed by atoms with Crippen molar-refractivity contribution in [1.29, 1.82) is 0 Å². The van der Waals surface area contributed by atoms with E-state index in [1.54, 1.807) is 24.8 Å². The molecule has 2 saturated carbocycles. The second-order valence-electron chi connectivity index (χ2n) is 18.9. The van der Waals surface area contributed by atoms with E-state index in [4.69, 9.17) is 19.9 Å². The quantitative estimate of drug-likeness (QED) is 0.0966. The highest BCUT2D eigenvalue weighted by atomic mass is 16.6. The van der Waals surface area contributed by atoms with Crippen LogP contribution in [0.15, 0.2) is 82.9 Å². The Hall–Kier alpha value is -5.49. The molecule has 2 fully saturated rings. The van der Waals surface area contributed by atoms with Crippen molar-refractivity contribution < 1.29 is 19.0 Å². The number of rotatable bonds is 15. The largest absolute Gasteiger partial charge is 0.492 e. The fraction of sp³-hybridized carbons (Fsp3) is 0.490. The number of hydrogen-bond acceptors (Lipinski definition) is 9. The van der Waals surface area contributed by atoms with E-state index in [-0.39, 0.29) is 23.2 Å². The number of hydrogen-bond donors (Lipinski definition) is 2. The number of nitrogens with zero attached hydrogens (tertiary/aromatic N) is 4. The van der Waals surface area contributed by atoms with Gasteiger partial charge in [0.05, 0.1) is 27.8 Å². The Kier molecular flexibility index (Phi) is 13.3. The Bertz CT molecular complexity index is 2620. The summed E-state index contributed by atoms with van der Waals surface area (Å²) >= 11 is 0. The van der Waals surface area contributed by atoms with Crippen LogP contribution in [-0.4, -0.2) is 56.1 Å².